The van der Waals surface area contributed by atoms with Crippen molar-refractivity contribution in [1.82, 2.24) is 0 Å². The second-order valence-corrected chi connectivity index (χ2v) is 8.98. The first-order chi connectivity index (χ1) is 11.7. The molecule has 0 aromatic rings. The summed E-state index contributed by atoms with van der Waals surface area (Å²) >= 11 is 0. The van der Waals surface area contributed by atoms with Gasteiger partial charge in [0, 0.05) is 24.3 Å². The van der Waals surface area contributed by atoms with Gasteiger partial charge in [0.05, 0.1) is 5.41 Å². The van der Waals surface area contributed by atoms with E-state index in [1.165, 1.54) is 6.08 Å². The number of Topliss-reactive ketones (excluding diaryl/α,β-unsaturated/α-hetero) is 2. The number of aliphatic hydroxyl groups excluding tert-OH is 1. The maximum Gasteiger partial charge on any atom is 0.170 e. The van der Waals surface area contributed by atoms with Crippen LogP contribution in [0.3, 0.4) is 0 Å². The summed E-state index contributed by atoms with van der Waals surface area (Å²) in [7, 11) is 0. The summed E-state index contributed by atoms with van der Waals surface area (Å²) in [5.41, 5.74) is -0.170. The van der Waals surface area contributed by atoms with Crippen LogP contribution in [0.4, 0.5) is 0 Å². The number of rotatable bonds is 1. The van der Waals surface area contributed by atoms with Crippen molar-refractivity contribution >= 4 is 17.3 Å². The standard InChI is InChI=1S/C21H26O4/c1-11(22)15-6-7-16-14-5-4-12-8-13(23)9-18(25)21(12,3)19(14)17(24)10-20(15,16)2/h8-9,14-16,19,23H,4-7,10H2,1-3H3/t14-,15+,16-,19+,20+,21+/m0/s1. The first kappa shape index (κ1) is 16.7. The van der Waals surface area contributed by atoms with E-state index in [1.807, 2.05) is 6.92 Å². The second-order valence-electron chi connectivity index (χ2n) is 8.98. The lowest BCUT2D eigenvalue weighted by Crippen LogP contribution is -2.57. The summed E-state index contributed by atoms with van der Waals surface area (Å²) in [4.78, 5) is 38.2. The van der Waals surface area contributed by atoms with Gasteiger partial charge in [0.25, 0.3) is 0 Å². The van der Waals surface area contributed by atoms with Crippen molar-refractivity contribution in [2.75, 3.05) is 0 Å². The van der Waals surface area contributed by atoms with Crippen LogP contribution in [0.15, 0.2) is 23.5 Å². The minimum Gasteiger partial charge on any atom is -0.508 e. The average molecular weight is 342 g/mol. The Bertz CT molecular complexity index is 745. The van der Waals surface area contributed by atoms with E-state index in [-0.39, 0.29) is 46.3 Å². The summed E-state index contributed by atoms with van der Waals surface area (Å²) in [5.74, 6) is 0.335. The third-order valence-electron chi connectivity index (χ3n) is 7.90. The molecule has 1 N–H and O–H groups in total. The van der Waals surface area contributed by atoms with Crippen LogP contribution in [0, 0.1) is 34.5 Å². The van der Waals surface area contributed by atoms with Crippen LogP contribution in [0.25, 0.3) is 0 Å². The van der Waals surface area contributed by atoms with Crippen molar-refractivity contribution in [3.05, 3.63) is 23.5 Å². The van der Waals surface area contributed by atoms with E-state index in [2.05, 4.69) is 6.92 Å². The maximum absolute atomic E-state index is 13.3. The predicted molar refractivity (Wildman–Crippen MR) is 92.7 cm³/mol. The minimum absolute atomic E-state index is 0.00142. The van der Waals surface area contributed by atoms with Crippen LogP contribution in [-0.4, -0.2) is 22.5 Å². The number of fused-ring (bicyclic) bond motifs is 5. The summed E-state index contributed by atoms with van der Waals surface area (Å²) in [5, 5.41) is 9.82. The van der Waals surface area contributed by atoms with Gasteiger partial charge in [0.15, 0.2) is 5.78 Å². The maximum atomic E-state index is 13.3. The number of allylic oxidation sites excluding steroid dienone is 3. The summed E-state index contributed by atoms with van der Waals surface area (Å²) in [6.45, 7) is 5.65. The van der Waals surface area contributed by atoms with Gasteiger partial charge in [-0.2, -0.15) is 0 Å². The van der Waals surface area contributed by atoms with Crippen molar-refractivity contribution in [2.24, 2.45) is 34.5 Å². The Kier molecular flexibility index (Phi) is 3.45. The predicted octanol–water partition coefficient (Wildman–Crippen LogP) is 3.56. The van der Waals surface area contributed by atoms with Crippen molar-refractivity contribution < 1.29 is 19.5 Å². The number of carbonyl (C=O) groups excluding carboxylic acids is 3. The molecule has 4 nitrogen and oxygen atoms in total. The van der Waals surface area contributed by atoms with E-state index >= 15 is 0 Å². The van der Waals surface area contributed by atoms with Gasteiger partial charge in [-0.15, -0.1) is 0 Å². The van der Waals surface area contributed by atoms with E-state index in [0.29, 0.717) is 12.3 Å². The van der Waals surface area contributed by atoms with Crippen molar-refractivity contribution in [3.63, 3.8) is 0 Å². The molecule has 0 heterocycles. The number of ketones is 3. The van der Waals surface area contributed by atoms with Gasteiger partial charge in [-0.1, -0.05) is 12.5 Å². The summed E-state index contributed by atoms with van der Waals surface area (Å²) in [6.07, 6.45) is 6.80. The zero-order valence-electron chi connectivity index (χ0n) is 15.2. The molecule has 0 spiro atoms. The summed E-state index contributed by atoms with van der Waals surface area (Å²) in [6, 6.07) is 0. The lowest BCUT2D eigenvalue weighted by Gasteiger charge is -2.55. The molecule has 0 saturated heterocycles. The molecule has 6 atom stereocenters. The zero-order chi connectivity index (χ0) is 18.1. The summed E-state index contributed by atoms with van der Waals surface area (Å²) < 4.78 is 0. The van der Waals surface area contributed by atoms with E-state index < -0.39 is 5.41 Å². The van der Waals surface area contributed by atoms with Gasteiger partial charge >= 0.3 is 0 Å². The van der Waals surface area contributed by atoms with Crippen LogP contribution in [-0.2, 0) is 14.4 Å². The van der Waals surface area contributed by atoms with Gasteiger partial charge in [-0.25, -0.2) is 0 Å². The molecule has 0 bridgehead atoms. The fraction of sp³-hybridized carbons (Fsp3) is 0.667. The van der Waals surface area contributed by atoms with E-state index in [1.54, 1.807) is 13.0 Å². The number of aliphatic hydroxyl groups is 1. The highest BCUT2D eigenvalue weighted by Crippen LogP contribution is 2.65. The normalized spacial score (nSPS) is 45.9. The van der Waals surface area contributed by atoms with Gasteiger partial charge < -0.3 is 5.11 Å². The highest BCUT2D eigenvalue weighted by molar-refractivity contribution is 6.03. The quantitative estimate of drug-likeness (QED) is 0.791. The first-order valence-corrected chi connectivity index (χ1v) is 9.39. The lowest BCUT2D eigenvalue weighted by atomic mass is 9.46. The lowest BCUT2D eigenvalue weighted by molar-refractivity contribution is -0.152. The van der Waals surface area contributed by atoms with Crippen molar-refractivity contribution in [1.29, 1.82) is 0 Å². The molecule has 0 aliphatic heterocycles. The van der Waals surface area contributed by atoms with Gasteiger partial charge in [-0.3, -0.25) is 14.4 Å². The Hall–Kier alpha value is -1.71. The van der Waals surface area contributed by atoms with Crippen LogP contribution >= 0.6 is 0 Å². The van der Waals surface area contributed by atoms with E-state index in [0.717, 1.165) is 31.3 Å². The Balaban J connectivity index is 1.77. The Morgan fingerprint density at radius 1 is 1.16 bits per heavy atom. The minimum atomic E-state index is -0.818. The second kappa shape index (κ2) is 5.15. The zero-order valence-corrected chi connectivity index (χ0v) is 15.2. The molecule has 0 radical (unpaired) electrons. The molecule has 3 saturated carbocycles. The molecular weight excluding hydrogens is 316 g/mol. The van der Waals surface area contributed by atoms with Gasteiger partial charge in [-0.05, 0) is 62.9 Å². The van der Waals surface area contributed by atoms with Gasteiger partial charge in [0.2, 0.25) is 0 Å². The monoisotopic (exact) mass is 342 g/mol. The fourth-order valence-corrected chi connectivity index (χ4v) is 6.78. The third kappa shape index (κ3) is 2.03. The molecule has 0 aromatic carbocycles. The molecule has 0 unspecified atom stereocenters. The molecule has 3 fully saturated rings. The molecule has 25 heavy (non-hydrogen) atoms. The highest BCUT2D eigenvalue weighted by atomic mass is 16.3. The molecule has 0 aromatic heterocycles. The highest BCUT2D eigenvalue weighted by Gasteiger charge is 2.64. The average Bonchev–Trinajstić information content (AvgIpc) is 2.85. The van der Waals surface area contributed by atoms with Crippen molar-refractivity contribution in [3.8, 4) is 0 Å². The molecule has 4 aliphatic carbocycles. The number of hydrogen-bond donors (Lipinski definition) is 1. The Morgan fingerprint density at radius 3 is 2.56 bits per heavy atom. The smallest absolute Gasteiger partial charge is 0.170 e. The first-order valence-electron chi connectivity index (χ1n) is 9.39. The van der Waals surface area contributed by atoms with Gasteiger partial charge in [0.1, 0.15) is 17.3 Å². The fourth-order valence-electron chi connectivity index (χ4n) is 6.78. The molecule has 4 heteroatoms. The van der Waals surface area contributed by atoms with Crippen LogP contribution in [0.1, 0.15) is 52.9 Å². The Morgan fingerprint density at radius 2 is 1.88 bits per heavy atom. The van der Waals surface area contributed by atoms with Crippen molar-refractivity contribution in [2.45, 2.75) is 52.9 Å². The molecule has 4 aliphatic rings. The van der Waals surface area contributed by atoms with E-state index in [4.69, 9.17) is 0 Å². The third-order valence-corrected chi connectivity index (χ3v) is 7.90. The molecule has 134 valence electrons. The Labute approximate surface area is 148 Å². The topological polar surface area (TPSA) is 71.4 Å². The molecular formula is C21H26O4. The van der Waals surface area contributed by atoms with Crippen LogP contribution in [0.5, 0.6) is 0 Å². The van der Waals surface area contributed by atoms with Crippen LogP contribution in [0.2, 0.25) is 0 Å². The largest absolute Gasteiger partial charge is 0.508 e. The molecule has 4 rings (SSSR count). The number of carbonyl (C=O) groups is 3. The number of hydrogen-bond acceptors (Lipinski definition) is 4. The van der Waals surface area contributed by atoms with E-state index in [9.17, 15) is 19.5 Å². The van der Waals surface area contributed by atoms with Crippen LogP contribution < -0.4 is 0 Å². The molecule has 0 amide bonds. The SMILES string of the molecule is CC(=O)[C@H]1CC[C@H]2[C@@H]3CCC4=CC(O)=CC(=O)[C@]4(C)[C@H]3C(=O)C[C@]12C.